The third-order valence-electron chi connectivity index (χ3n) is 5.97. The number of aryl methyl sites for hydroxylation is 2. The molecule has 0 atom stereocenters. The number of nitrogens with zero attached hydrogens (tertiary/aromatic N) is 1. The van der Waals surface area contributed by atoms with E-state index in [-0.39, 0.29) is 5.75 Å². The van der Waals surface area contributed by atoms with E-state index in [2.05, 4.69) is 43.1 Å². The number of hydrogen-bond donors (Lipinski definition) is 1. The molecule has 0 radical (unpaired) electrons. The maximum atomic E-state index is 9.45. The minimum absolute atomic E-state index is 0.273. The first-order valence-corrected chi connectivity index (χ1v) is 10.6. The maximum absolute atomic E-state index is 9.45. The molecule has 3 nitrogen and oxygen atoms in total. The van der Waals surface area contributed by atoms with Crippen molar-refractivity contribution in [2.75, 3.05) is 6.61 Å². The van der Waals surface area contributed by atoms with Gasteiger partial charge in [0, 0.05) is 17.3 Å². The standard InChI is InChI=1S/C26H29NO2/c1-18-15-23(16-19(2)26(18)29-14-13-20-5-3-4-6-20)25-12-9-22(17-27-25)21-7-10-24(28)11-8-21/h7-12,15-17,20,28H,3-6,13-14H2,1-2H3. The molecule has 1 heterocycles. The smallest absolute Gasteiger partial charge is 0.125 e. The van der Waals surface area contributed by atoms with E-state index in [9.17, 15) is 5.11 Å². The summed E-state index contributed by atoms with van der Waals surface area (Å²) >= 11 is 0. The van der Waals surface area contributed by atoms with Crippen LogP contribution in [0.3, 0.4) is 0 Å². The minimum atomic E-state index is 0.273. The molecule has 1 aliphatic carbocycles. The summed E-state index contributed by atoms with van der Waals surface area (Å²) in [4.78, 5) is 4.67. The number of aromatic nitrogens is 1. The molecule has 1 fully saturated rings. The molecular formula is C26H29NO2. The fourth-order valence-electron chi connectivity index (χ4n) is 4.34. The number of rotatable bonds is 6. The lowest BCUT2D eigenvalue weighted by atomic mass is 10.0. The van der Waals surface area contributed by atoms with Gasteiger partial charge in [-0.3, -0.25) is 4.98 Å². The van der Waals surface area contributed by atoms with Crippen LogP contribution < -0.4 is 4.74 Å². The first-order chi connectivity index (χ1) is 14.1. The van der Waals surface area contributed by atoms with Crippen molar-refractivity contribution in [2.45, 2.75) is 46.0 Å². The Balaban J connectivity index is 1.47. The van der Waals surface area contributed by atoms with E-state index in [1.807, 2.05) is 18.3 Å². The predicted octanol–water partition coefficient (Wildman–Crippen LogP) is 6.70. The Morgan fingerprint density at radius 3 is 2.17 bits per heavy atom. The van der Waals surface area contributed by atoms with E-state index in [0.717, 1.165) is 51.8 Å². The zero-order valence-corrected chi connectivity index (χ0v) is 17.3. The Hall–Kier alpha value is -2.81. The molecular weight excluding hydrogens is 358 g/mol. The van der Waals surface area contributed by atoms with Crippen molar-refractivity contribution < 1.29 is 9.84 Å². The van der Waals surface area contributed by atoms with Crippen LogP contribution in [0.4, 0.5) is 0 Å². The van der Waals surface area contributed by atoms with Gasteiger partial charge in [0.05, 0.1) is 12.3 Å². The number of phenolic OH excluding ortho intramolecular Hbond substituents is 1. The van der Waals surface area contributed by atoms with Gasteiger partial charge in [0.2, 0.25) is 0 Å². The van der Waals surface area contributed by atoms with Gasteiger partial charge in [-0.2, -0.15) is 0 Å². The third-order valence-corrected chi connectivity index (χ3v) is 5.97. The Labute approximate surface area is 173 Å². The Morgan fingerprint density at radius 1 is 0.897 bits per heavy atom. The lowest BCUT2D eigenvalue weighted by Gasteiger charge is -2.16. The van der Waals surface area contributed by atoms with Crippen LogP contribution in [0.5, 0.6) is 11.5 Å². The second-order valence-electron chi connectivity index (χ2n) is 8.21. The number of aromatic hydroxyl groups is 1. The van der Waals surface area contributed by atoms with Gasteiger partial charge in [0.1, 0.15) is 11.5 Å². The summed E-state index contributed by atoms with van der Waals surface area (Å²) in [5, 5.41) is 9.45. The molecule has 3 heteroatoms. The summed E-state index contributed by atoms with van der Waals surface area (Å²) in [6.07, 6.45) is 8.56. The highest BCUT2D eigenvalue weighted by Gasteiger charge is 2.15. The van der Waals surface area contributed by atoms with E-state index in [1.165, 1.54) is 32.1 Å². The van der Waals surface area contributed by atoms with E-state index >= 15 is 0 Å². The molecule has 0 saturated heterocycles. The van der Waals surface area contributed by atoms with E-state index in [1.54, 1.807) is 12.1 Å². The average Bonchev–Trinajstić information content (AvgIpc) is 3.24. The van der Waals surface area contributed by atoms with Crippen LogP contribution in [0, 0.1) is 19.8 Å². The molecule has 0 bridgehead atoms. The normalized spacial score (nSPS) is 14.3. The Morgan fingerprint density at radius 2 is 1.55 bits per heavy atom. The van der Waals surface area contributed by atoms with Crippen LogP contribution in [0.25, 0.3) is 22.4 Å². The molecule has 0 unspecified atom stereocenters. The third kappa shape index (κ3) is 4.61. The topological polar surface area (TPSA) is 42.4 Å². The predicted molar refractivity (Wildman–Crippen MR) is 118 cm³/mol. The van der Waals surface area contributed by atoms with Gasteiger partial charge in [-0.1, -0.05) is 43.9 Å². The highest BCUT2D eigenvalue weighted by molar-refractivity contribution is 5.69. The van der Waals surface area contributed by atoms with Crippen molar-refractivity contribution >= 4 is 0 Å². The quantitative estimate of drug-likeness (QED) is 0.512. The van der Waals surface area contributed by atoms with Gasteiger partial charge in [0.25, 0.3) is 0 Å². The molecule has 150 valence electrons. The molecule has 1 N–H and O–H groups in total. The van der Waals surface area contributed by atoms with Crippen LogP contribution in [0.2, 0.25) is 0 Å². The van der Waals surface area contributed by atoms with E-state index in [0.29, 0.717) is 0 Å². The summed E-state index contributed by atoms with van der Waals surface area (Å²) in [6.45, 7) is 5.05. The molecule has 1 aromatic heterocycles. The second kappa shape index (κ2) is 8.69. The van der Waals surface area contributed by atoms with Crippen LogP contribution in [-0.4, -0.2) is 16.7 Å². The number of ether oxygens (including phenoxy) is 1. The van der Waals surface area contributed by atoms with Crippen molar-refractivity contribution in [3.8, 4) is 33.9 Å². The Kier molecular flexibility index (Phi) is 5.84. The van der Waals surface area contributed by atoms with Crippen molar-refractivity contribution in [3.63, 3.8) is 0 Å². The summed E-state index contributed by atoms with van der Waals surface area (Å²) in [5.41, 5.74) is 6.47. The summed E-state index contributed by atoms with van der Waals surface area (Å²) in [6, 6.07) is 15.7. The van der Waals surface area contributed by atoms with Gasteiger partial charge < -0.3 is 9.84 Å². The first-order valence-electron chi connectivity index (χ1n) is 10.6. The number of benzene rings is 2. The van der Waals surface area contributed by atoms with Crippen LogP contribution in [0.1, 0.15) is 43.2 Å². The fourth-order valence-corrected chi connectivity index (χ4v) is 4.34. The molecule has 29 heavy (non-hydrogen) atoms. The molecule has 0 amide bonds. The summed E-state index contributed by atoms with van der Waals surface area (Å²) in [7, 11) is 0. The molecule has 2 aromatic carbocycles. The number of hydrogen-bond acceptors (Lipinski definition) is 3. The molecule has 0 spiro atoms. The van der Waals surface area contributed by atoms with Crippen LogP contribution in [-0.2, 0) is 0 Å². The van der Waals surface area contributed by atoms with Crippen molar-refractivity contribution in [2.24, 2.45) is 5.92 Å². The lowest BCUT2D eigenvalue weighted by Crippen LogP contribution is -2.06. The SMILES string of the molecule is Cc1cc(-c2ccc(-c3ccc(O)cc3)cn2)cc(C)c1OCCC1CCCC1. The minimum Gasteiger partial charge on any atom is -0.508 e. The van der Waals surface area contributed by atoms with Crippen molar-refractivity contribution in [1.29, 1.82) is 0 Å². The van der Waals surface area contributed by atoms with Gasteiger partial charge >= 0.3 is 0 Å². The summed E-state index contributed by atoms with van der Waals surface area (Å²) < 4.78 is 6.17. The molecule has 4 rings (SSSR count). The van der Waals surface area contributed by atoms with Gasteiger partial charge in [-0.05, 0) is 73.2 Å². The van der Waals surface area contributed by atoms with E-state index in [4.69, 9.17) is 4.74 Å². The molecule has 3 aromatic rings. The zero-order valence-electron chi connectivity index (χ0n) is 17.3. The monoisotopic (exact) mass is 387 g/mol. The first kappa shape index (κ1) is 19.5. The van der Waals surface area contributed by atoms with E-state index < -0.39 is 0 Å². The van der Waals surface area contributed by atoms with Crippen molar-refractivity contribution in [3.05, 3.63) is 65.9 Å². The number of phenols is 1. The summed E-state index contributed by atoms with van der Waals surface area (Å²) in [5.74, 6) is 2.15. The molecule has 1 aliphatic rings. The zero-order chi connectivity index (χ0) is 20.2. The van der Waals surface area contributed by atoms with Crippen LogP contribution in [0.15, 0.2) is 54.7 Å². The molecule has 0 aliphatic heterocycles. The average molecular weight is 388 g/mol. The van der Waals surface area contributed by atoms with Gasteiger partial charge in [-0.15, -0.1) is 0 Å². The number of pyridine rings is 1. The highest BCUT2D eigenvalue weighted by Crippen LogP contribution is 2.32. The maximum Gasteiger partial charge on any atom is 0.125 e. The van der Waals surface area contributed by atoms with Crippen molar-refractivity contribution in [1.82, 2.24) is 4.98 Å². The Bertz CT molecular complexity index is 932. The molecule has 1 saturated carbocycles. The lowest BCUT2D eigenvalue weighted by molar-refractivity contribution is 0.276. The van der Waals surface area contributed by atoms with Crippen LogP contribution >= 0.6 is 0 Å². The van der Waals surface area contributed by atoms with Gasteiger partial charge in [-0.25, -0.2) is 0 Å². The second-order valence-corrected chi connectivity index (χ2v) is 8.21. The largest absolute Gasteiger partial charge is 0.508 e. The fraction of sp³-hybridized carbons (Fsp3) is 0.346. The van der Waals surface area contributed by atoms with Gasteiger partial charge in [0.15, 0.2) is 0 Å². The highest BCUT2D eigenvalue weighted by atomic mass is 16.5.